The number of anilines is 1. The summed E-state index contributed by atoms with van der Waals surface area (Å²) in [5.74, 6) is -0.239. The molecule has 0 saturated carbocycles. The maximum atomic E-state index is 13.0. The van der Waals surface area contributed by atoms with Gasteiger partial charge in [-0.05, 0) is 62.4 Å². The van der Waals surface area contributed by atoms with Crippen molar-refractivity contribution in [2.24, 2.45) is 0 Å². The molecular weight excluding hydrogens is 326 g/mol. The highest BCUT2D eigenvalue weighted by Gasteiger charge is 2.14. The summed E-state index contributed by atoms with van der Waals surface area (Å²) in [6.07, 6.45) is 0. The molecule has 0 radical (unpaired) electrons. The molecule has 0 aliphatic carbocycles. The van der Waals surface area contributed by atoms with E-state index < -0.39 is 0 Å². The highest BCUT2D eigenvalue weighted by molar-refractivity contribution is 5.81. The molecule has 0 aromatic heterocycles. The van der Waals surface area contributed by atoms with E-state index in [0.717, 1.165) is 5.69 Å². The lowest BCUT2D eigenvalue weighted by Gasteiger charge is -2.28. The van der Waals surface area contributed by atoms with Gasteiger partial charge in [0.1, 0.15) is 24.0 Å². The van der Waals surface area contributed by atoms with Gasteiger partial charge in [0.15, 0.2) is 0 Å². The van der Waals surface area contributed by atoms with Crippen LogP contribution in [0.4, 0.5) is 14.5 Å². The number of nitrogens with zero attached hydrogens (tertiary/aromatic N) is 1. The molecule has 1 amide bonds. The number of ether oxygens (including phenoxy) is 1. The number of amides is 1. The Hall–Kier alpha value is -2.63. The van der Waals surface area contributed by atoms with Crippen molar-refractivity contribution in [3.8, 4) is 5.75 Å². The molecule has 0 atom stereocenters. The molecule has 6 heteroatoms. The summed E-state index contributed by atoms with van der Waals surface area (Å²) < 4.78 is 31.3. The molecule has 4 nitrogen and oxygen atoms in total. The quantitative estimate of drug-likeness (QED) is 0.744. The Labute approximate surface area is 146 Å². The number of hydrogen-bond acceptors (Lipinski definition) is 3. The third-order valence-corrected chi connectivity index (χ3v) is 3.60. The molecule has 0 aliphatic rings. The predicted molar refractivity (Wildman–Crippen MR) is 93.8 cm³/mol. The third-order valence-electron chi connectivity index (χ3n) is 3.60. The zero-order valence-corrected chi connectivity index (χ0v) is 14.3. The average molecular weight is 348 g/mol. The topological polar surface area (TPSA) is 41.6 Å². The monoisotopic (exact) mass is 348 g/mol. The van der Waals surface area contributed by atoms with E-state index in [1.165, 1.54) is 36.4 Å². The zero-order chi connectivity index (χ0) is 18.2. The number of carbonyl (C=O) groups excluding carboxylic acids is 1. The molecule has 0 unspecified atom stereocenters. The van der Waals surface area contributed by atoms with E-state index in [2.05, 4.69) is 5.32 Å². The Morgan fingerprint density at radius 3 is 2.16 bits per heavy atom. The summed E-state index contributed by atoms with van der Waals surface area (Å²) in [6, 6.07) is 11.8. The summed E-state index contributed by atoms with van der Waals surface area (Å²) in [4.78, 5) is 14.0. The molecule has 1 N–H and O–H groups in total. The van der Waals surface area contributed by atoms with Gasteiger partial charge in [0.2, 0.25) is 5.91 Å². The van der Waals surface area contributed by atoms with Gasteiger partial charge >= 0.3 is 0 Å². The summed E-state index contributed by atoms with van der Waals surface area (Å²) >= 11 is 0. The minimum atomic E-state index is -0.324. The van der Waals surface area contributed by atoms with Gasteiger partial charge in [-0.2, -0.15) is 0 Å². The lowest BCUT2D eigenvalue weighted by Crippen LogP contribution is -2.42. The average Bonchev–Trinajstić information content (AvgIpc) is 2.59. The van der Waals surface area contributed by atoms with Crippen molar-refractivity contribution in [3.05, 3.63) is 60.2 Å². The first-order chi connectivity index (χ1) is 12.0. The fraction of sp³-hybridized carbons (Fsp3) is 0.316. The van der Waals surface area contributed by atoms with Gasteiger partial charge in [-0.15, -0.1) is 0 Å². The molecule has 134 valence electrons. The lowest BCUT2D eigenvalue weighted by molar-refractivity contribution is -0.119. The molecule has 25 heavy (non-hydrogen) atoms. The molecule has 0 heterocycles. The first kappa shape index (κ1) is 18.7. The molecule has 2 aromatic rings. The van der Waals surface area contributed by atoms with Gasteiger partial charge in [0, 0.05) is 11.7 Å². The first-order valence-corrected chi connectivity index (χ1v) is 8.13. The number of halogens is 2. The number of carbonyl (C=O) groups is 1. The van der Waals surface area contributed by atoms with E-state index in [4.69, 9.17) is 4.74 Å². The van der Waals surface area contributed by atoms with Crippen LogP contribution in [0.25, 0.3) is 0 Å². The van der Waals surface area contributed by atoms with Gasteiger partial charge in [0.05, 0.1) is 13.1 Å². The van der Waals surface area contributed by atoms with Gasteiger partial charge in [-0.3, -0.25) is 4.79 Å². The number of hydrogen-bond donors (Lipinski definition) is 1. The molecule has 0 aliphatic heterocycles. The molecule has 2 aromatic carbocycles. The molecule has 0 spiro atoms. The summed E-state index contributed by atoms with van der Waals surface area (Å²) in [7, 11) is 0. The molecular formula is C19H22F2N2O2. The third kappa shape index (κ3) is 6.06. The zero-order valence-electron chi connectivity index (χ0n) is 14.3. The standard InChI is InChI=1S/C19H22F2N2O2/c1-14(2)23(17-7-3-15(20)4-8-17)13-19(24)22-11-12-25-18-9-5-16(21)6-10-18/h3-10,14H,11-13H2,1-2H3,(H,22,24). The minimum Gasteiger partial charge on any atom is -0.492 e. The lowest BCUT2D eigenvalue weighted by atomic mass is 10.2. The molecule has 0 fully saturated rings. The summed E-state index contributed by atoms with van der Waals surface area (Å²) in [6.45, 7) is 4.73. The largest absolute Gasteiger partial charge is 0.492 e. The van der Waals surface area contributed by atoms with Crippen molar-refractivity contribution in [1.82, 2.24) is 5.32 Å². The van der Waals surface area contributed by atoms with Gasteiger partial charge in [-0.1, -0.05) is 0 Å². The molecule has 2 rings (SSSR count). The van der Waals surface area contributed by atoms with Gasteiger partial charge in [0.25, 0.3) is 0 Å². The highest BCUT2D eigenvalue weighted by atomic mass is 19.1. The highest BCUT2D eigenvalue weighted by Crippen LogP contribution is 2.17. The molecule has 0 bridgehead atoms. The number of benzene rings is 2. The maximum Gasteiger partial charge on any atom is 0.239 e. The first-order valence-electron chi connectivity index (χ1n) is 8.13. The van der Waals surface area contributed by atoms with Crippen LogP contribution in [0.15, 0.2) is 48.5 Å². The van der Waals surface area contributed by atoms with Crippen molar-refractivity contribution >= 4 is 11.6 Å². The van der Waals surface area contributed by atoms with E-state index in [1.54, 1.807) is 12.1 Å². The van der Waals surface area contributed by atoms with Crippen molar-refractivity contribution in [2.75, 3.05) is 24.6 Å². The van der Waals surface area contributed by atoms with Crippen LogP contribution in [0, 0.1) is 11.6 Å². The number of rotatable bonds is 8. The van der Waals surface area contributed by atoms with Crippen LogP contribution in [0.3, 0.4) is 0 Å². The van der Waals surface area contributed by atoms with Crippen LogP contribution in [-0.4, -0.2) is 31.6 Å². The van der Waals surface area contributed by atoms with Crippen LogP contribution in [-0.2, 0) is 4.79 Å². The summed E-state index contributed by atoms with van der Waals surface area (Å²) in [5.41, 5.74) is 0.786. The van der Waals surface area contributed by atoms with E-state index in [9.17, 15) is 13.6 Å². The second-order valence-corrected chi connectivity index (χ2v) is 5.85. The van der Waals surface area contributed by atoms with Gasteiger partial charge < -0.3 is 15.0 Å². The Morgan fingerprint density at radius 1 is 1.04 bits per heavy atom. The van der Waals surface area contributed by atoms with Crippen LogP contribution in [0.5, 0.6) is 5.75 Å². The van der Waals surface area contributed by atoms with E-state index in [-0.39, 0.29) is 36.7 Å². The Morgan fingerprint density at radius 2 is 1.60 bits per heavy atom. The van der Waals surface area contributed by atoms with E-state index in [1.807, 2.05) is 18.7 Å². The second kappa shape index (κ2) is 9.01. The van der Waals surface area contributed by atoms with Crippen LogP contribution in [0.2, 0.25) is 0 Å². The van der Waals surface area contributed by atoms with Crippen molar-refractivity contribution in [2.45, 2.75) is 19.9 Å². The SMILES string of the molecule is CC(C)N(CC(=O)NCCOc1ccc(F)cc1)c1ccc(F)cc1. The van der Waals surface area contributed by atoms with Crippen LogP contribution in [0.1, 0.15) is 13.8 Å². The smallest absolute Gasteiger partial charge is 0.239 e. The normalized spacial score (nSPS) is 10.6. The van der Waals surface area contributed by atoms with Gasteiger partial charge in [-0.25, -0.2) is 8.78 Å². The van der Waals surface area contributed by atoms with Crippen molar-refractivity contribution < 1.29 is 18.3 Å². The Bertz CT molecular complexity index is 673. The Balaban J connectivity index is 1.79. The van der Waals surface area contributed by atoms with Crippen molar-refractivity contribution in [1.29, 1.82) is 0 Å². The second-order valence-electron chi connectivity index (χ2n) is 5.85. The maximum absolute atomic E-state index is 13.0. The predicted octanol–water partition coefficient (Wildman–Crippen LogP) is 3.37. The fourth-order valence-corrected chi connectivity index (χ4v) is 2.31. The summed E-state index contributed by atoms with van der Waals surface area (Å²) in [5, 5.41) is 2.78. The van der Waals surface area contributed by atoms with Crippen LogP contribution >= 0.6 is 0 Å². The van der Waals surface area contributed by atoms with Crippen molar-refractivity contribution in [3.63, 3.8) is 0 Å². The minimum absolute atomic E-state index is 0.0895. The van der Waals surface area contributed by atoms with E-state index >= 15 is 0 Å². The Kier molecular flexibility index (Phi) is 6.74. The molecule has 0 saturated heterocycles. The van der Waals surface area contributed by atoms with Crippen LogP contribution < -0.4 is 15.0 Å². The number of nitrogens with one attached hydrogen (secondary N) is 1. The fourth-order valence-electron chi connectivity index (χ4n) is 2.31. The van der Waals surface area contributed by atoms with E-state index in [0.29, 0.717) is 12.3 Å².